The van der Waals surface area contributed by atoms with Gasteiger partial charge in [0.05, 0.1) is 5.56 Å². The lowest BCUT2D eigenvalue weighted by Gasteiger charge is -2.09. The molecule has 0 radical (unpaired) electrons. The first-order chi connectivity index (χ1) is 11.5. The van der Waals surface area contributed by atoms with E-state index in [1.54, 1.807) is 24.3 Å². The van der Waals surface area contributed by atoms with Crippen molar-refractivity contribution in [2.45, 2.75) is 25.7 Å². The van der Waals surface area contributed by atoms with Crippen LogP contribution in [0.1, 0.15) is 44.7 Å². The van der Waals surface area contributed by atoms with Crippen LogP contribution >= 0.6 is 0 Å². The number of aromatic carboxylic acids is 1. The van der Waals surface area contributed by atoms with Crippen molar-refractivity contribution in [2.24, 2.45) is 0 Å². The number of amides is 1. The van der Waals surface area contributed by atoms with Crippen LogP contribution < -0.4 is 0 Å². The maximum atomic E-state index is 11.6. The summed E-state index contributed by atoms with van der Waals surface area (Å²) < 4.78 is 0. The Morgan fingerprint density at radius 3 is 1.62 bits per heavy atom. The van der Waals surface area contributed by atoms with E-state index in [0.717, 1.165) is 36.8 Å². The molecular formula is C19H21NO4. The molecule has 0 aromatic heterocycles. The van der Waals surface area contributed by atoms with Crippen LogP contribution in [0.4, 0.5) is 0 Å². The van der Waals surface area contributed by atoms with E-state index < -0.39 is 11.9 Å². The highest BCUT2D eigenvalue weighted by Crippen LogP contribution is 2.12. The van der Waals surface area contributed by atoms with Crippen molar-refractivity contribution in [1.29, 1.82) is 0 Å². The van der Waals surface area contributed by atoms with E-state index >= 15 is 0 Å². The smallest absolute Gasteiger partial charge is 0.335 e. The molecule has 0 spiro atoms. The second-order valence-corrected chi connectivity index (χ2v) is 5.73. The molecule has 0 aliphatic rings. The van der Waals surface area contributed by atoms with Crippen LogP contribution in [0.3, 0.4) is 0 Å². The third kappa shape index (κ3) is 4.93. The first-order valence-electron chi connectivity index (χ1n) is 7.85. The Balaban J connectivity index is 1.78. The molecule has 0 saturated carbocycles. The molecule has 126 valence electrons. The maximum Gasteiger partial charge on any atom is 0.335 e. The molecule has 0 aliphatic heterocycles. The molecular weight excluding hydrogens is 306 g/mol. The number of carboxylic acid groups (broad SMARTS) is 1. The fourth-order valence-electron chi connectivity index (χ4n) is 2.47. The normalized spacial score (nSPS) is 10.4. The largest absolute Gasteiger partial charge is 0.478 e. The number of hydrogen-bond donors (Lipinski definition) is 2. The van der Waals surface area contributed by atoms with Gasteiger partial charge in [-0.25, -0.2) is 9.86 Å². The maximum absolute atomic E-state index is 11.6. The standard InChI is InChI=1S/C19H21NO4/c1-20(24)18(21)16-10-6-14(7-11-16)4-2-3-5-15-8-12-17(13-9-15)19(22)23/h6-13,24H,2-5H2,1H3,(H,22,23). The van der Waals surface area contributed by atoms with Gasteiger partial charge >= 0.3 is 5.97 Å². The van der Waals surface area contributed by atoms with Crippen molar-refractivity contribution < 1.29 is 19.9 Å². The number of benzene rings is 2. The van der Waals surface area contributed by atoms with Gasteiger partial charge in [-0.1, -0.05) is 24.3 Å². The summed E-state index contributed by atoms with van der Waals surface area (Å²) in [6, 6.07) is 14.2. The zero-order chi connectivity index (χ0) is 17.5. The summed E-state index contributed by atoms with van der Waals surface area (Å²) in [5, 5.41) is 18.6. The average molecular weight is 327 g/mol. The van der Waals surface area contributed by atoms with Crippen LogP contribution in [-0.4, -0.2) is 34.3 Å². The summed E-state index contributed by atoms with van der Waals surface area (Å²) in [5.74, 6) is -1.33. The quantitative estimate of drug-likeness (QED) is 0.464. The first kappa shape index (κ1) is 17.7. The number of hydroxylamine groups is 2. The molecule has 0 saturated heterocycles. The molecule has 2 aromatic carbocycles. The predicted molar refractivity (Wildman–Crippen MR) is 90.4 cm³/mol. The Hall–Kier alpha value is -2.66. The zero-order valence-electron chi connectivity index (χ0n) is 13.6. The Labute approximate surface area is 141 Å². The van der Waals surface area contributed by atoms with Crippen LogP contribution in [0.5, 0.6) is 0 Å². The van der Waals surface area contributed by atoms with Crippen molar-refractivity contribution >= 4 is 11.9 Å². The molecule has 2 N–H and O–H groups in total. The molecule has 1 amide bonds. The molecule has 0 aliphatic carbocycles. The van der Waals surface area contributed by atoms with Crippen LogP contribution in [0.2, 0.25) is 0 Å². The lowest BCUT2D eigenvalue weighted by Crippen LogP contribution is -2.22. The fraction of sp³-hybridized carbons (Fsp3) is 0.263. The molecule has 5 nitrogen and oxygen atoms in total. The monoisotopic (exact) mass is 327 g/mol. The SMILES string of the molecule is CN(O)C(=O)c1ccc(CCCCc2ccc(C(=O)O)cc2)cc1. The highest BCUT2D eigenvalue weighted by molar-refractivity contribution is 5.93. The first-order valence-corrected chi connectivity index (χ1v) is 7.85. The Kier molecular flexibility index (Phi) is 6.09. The van der Waals surface area contributed by atoms with Gasteiger partial charge in [0.15, 0.2) is 0 Å². The summed E-state index contributed by atoms with van der Waals surface area (Å²) in [4.78, 5) is 22.4. The molecule has 0 heterocycles. The van der Waals surface area contributed by atoms with Gasteiger partial charge < -0.3 is 5.11 Å². The van der Waals surface area contributed by atoms with Crippen molar-refractivity contribution in [2.75, 3.05) is 7.05 Å². The van der Waals surface area contributed by atoms with E-state index in [0.29, 0.717) is 16.2 Å². The Morgan fingerprint density at radius 2 is 1.25 bits per heavy atom. The van der Waals surface area contributed by atoms with Crippen molar-refractivity contribution in [3.63, 3.8) is 0 Å². The number of carboxylic acids is 1. The molecule has 5 heteroatoms. The highest BCUT2D eigenvalue weighted by atomic mass is 16.5. The summed E-state index contributed by atoms with van der Waals surface area (Å²) in [5.41, 5.74) is 3.05. The summed E-state index contributed by atoms with van der Waals surface area (Å²) in [7, 11) is 1.30. The Morgan fingerprint density at radius 1 is 0.833 bits per heavy atom. The number of aryl methyl sites for hydroxylation is 2. The van der Waals surface area contributed by atoms with E-state index in [9.17, 15) is 9.59 Å². The van der Waals surface area contributed by atoms with Crippen molar-refractivity contribution in [3.8, 4) is 0 Å². The van der Waals surface area contributed by atoms with Crippen molar-refractivity contribution in [3.05, 3.63) is 70.8 Å². The topological polar surface area (TPSA) is 77.8 Å². The van der Waals surface area contributed by atoms with Crippen molar-refractivity contribution in [1.82, 2.24) is 5.06 Å². The van der Waals surface area contributed by atoms with E-state index in [2.05, 4.69) is 0 Å². The predicted octanol–water partition coefficient (Wildman–Crippen LogP) is 3.41. The van der Waals surface area contributed by atoms with Gasteiger partial charge in [0.25, 0.3) is 5.91 Å². The molecule has 0 unspecified atom stereocenters. The van der Waals surface area contributed by atoms with Gasteiger partial charge in [-0.05, 0) is 61.1 Å². The summed E-state index contributed by atoms with van der Waals surface area (Å²) in [6.07, 6.45) is 3.84. The minimum Gasteiger partial charge on any atom is -0.478 e. The van der Waals surface area contributed by atoms with Crippen LogP contribution in [-0.2, 0) is 12.8 Å². The molecule has 2 rings (SSSR count). The number of rotatable bonds is 7. The number of nitrogens with zero attached hydrogens (tertiary/aromatic N) is 1. The molecule has 24 heavy (non-hydrogen) atoms. The molecule has 0 fully saturated rings. The molecule has 0 bridgehead atoms. The second kappa shape index (κ2) is 8.26. The van der Waals surface area contributed by atoms with E-state index in [4.69, 9.17) is 10.3 Å². The van der Waals surface area contributed by atoms with E-state index in [1.165, 1.54) is 7.05 Å². The van der Waals surface area contributed by atoms with Gasteiger partial charge in [0, 0.05) is 12.6 Å². The van der Waals surface area contributed by atoms with Gasteiger partial charge in [-0.3, -0.25) is 10.0 Å². The third-order valence-electron chi connectivity index (χ3n) is 3.88. The fourth-order valence-corrected chi connectivity index (χ4v) is 2.47. The van der Waals surface area contributed by atoms with Crippen LogP contribution in [0.15, 0.2) is 48.5 Å². The van der Waals surface area contributed by atoms with Gasteiger partial charge in [0.1, 0.15) is 0 Å². The second-order valence-electron chi connectivity index (χ2n) is 5.73. The number of unbranched alkanes of at least 4 members (excludes halogenated alkanes) is 1. The van der Waals surface area contributed by atoms with Gasteiger partial charge in [0.2, 0.25) is 0 Å². The zero-order valence-corrected chi connectivity index (χ0v) is 13.6. The Bertz CT molecular complexity index is 690. The van der Waals surface area contributed by atoms with E-state index in [-0.39, 0.29) is 0 Å². The summed E-state index contributed by atoms with van der Waals surface area (Å²) in [6.45, 7) is 0. The minimum absolute atomic E-state index is 0.307. The average Bonchev–Trinajstić information content (AvgIpc) is 2.59. The number of carbonyl (C=O) groups is 2. The minimum atomic E-state index is -0.907. The highest BCUT2D eigenvalue weighted by Gasteiger charge is 2.08. The van der Waals surface area contributed by atoms with Gasteiger partial charge in [-0.2, -0.15) is 0 Å². The lowest BCUT2D eigenvalue weighted by atomic mass is 10.0. The van der Waals surface area contributed by atoms with Crippen LogP contribution in [0, 0.1) is 0 Å². The van der Waals surface area contributed by atoms with E-state index in [1.807, 2.05) is 24.3 Å². The molecule has 2 aromatic rings. The van der Waals surface area contributed by atoms with Crippen LogP contribution in [0.25, 0.3) is 0 Å². The lowest BCUT2D eigenvalue weighted by molar-refractivity contribution is -0.0374. The third-order valence-corrected chi connectivity index (χ3v) is 3.88. The molecule has 0 atom stereocenters. The number of hydrogen-bond acceptors (Lipinski definition) is 3. The summed E-state index contributed by atoms with van der Waals surface area (Å²) >= 11 is 0. The number of carbonyl (C=O) groups excluding carboxylic acids is 1. The van der Waals surface area contributed by atoms with Gasteiger partial charge in [-0.15, -0.1) is 0 Å².